The van der Waals surface area contributed by atoms with Crippen molar-refractivity contribution >= 4 is 29.3 Å². The average molecular weight is 469 g/mol. The van der Waals surface area contributed by atoms with E-state index in [0.717, 1.165) is 16.7 Å². The zero-order valence-electron chi connectivity index (χ0n) is 20.9. The quantitative estimate of drug-likeness (QED) is 0.506. The van der Waals surface area contributed by atoms with Crippen LogP contribution in [0.3, 0.4) is 0 Å². The Hall–Kier alpha value is -2.96. The van der Waals surface area contributed by atoms with E-state index in [1.54, 1.807) is 11.8 Å². The summed E-state index contributed by atoms with van der Waals surface area (Å²) in [4.78, 5) is 51.6. The molecule has 0 bridgehead atoms. The minimum absolute atomic E-state index is 0.0715. The fourth-order valence-electron chi connectivity index (χ4n) is 4.73. The number of ether oxygens (including phenoxy) is 1. The summed E-state index contributed by atoms with van der Waals surface area (Å²) in [6, 6.07) is 5.74. The van der Waals surface area contributed by atoms with Gasteiger partial charge in [-0.1, -0.05) is 38.1 Å². The first kappa shape index (κ1) is 25.7. The highest BCUT2D eigenvalue weighted by atomic mass is 16.6. The van der Waals surface area contributed by atoms with E-state index in [0.29, 0.717) is 44.3 Å². The van der Waals surface area contributed by atoms with Crippen molar-refractivity contribution in [3.8, 4) is 0 Å². The van der Waals surface area contributed by atoms with E-state index in [-0.39, 0.29) is 30.1 Å². The highest BCUT2D eigenvalue weighted by Crippen LogP contribution is 2.32. The Morgan fingerprint density at radius 3 is 2.56 bits per heavy atom. The fraction of sp³-hybridized carbons (Fsp3) is 0.556. The molecule has 184 valence electrons. The number of piperidine rings is 1. The van der Waals surface area contributed by atoms with Gasteiger partial charge in [0, 0.05) is 36.9 Å². The van der Waals surface area contributed by atoms with Gasteiger partial charge in [0.1, 0.15) is 5.60 Å². The molecule has 2 aliphatic rings. The number of benzene rings is 1. The van der Waals surface area contributed by atoms with Crippen molar-refractivity contribution in [2.75, 3.05) is 13.1 Å². The topological polar surface area (TPSA) is 92.8 Å². The molecule has 0 aliphatic carbocycles. The smallest absolute Gasteiger partial charge is 0.410 e. The third-order valence-electron chi connectivity index (χ3n) is 6.53. The highest BCUT2D eigenvalue weighted by molar-refractivity contribution is 6.05. The van der Waals surface area contributed by atoms with E-state index in [4.69, 9.17) is 4.74 Å². The van der Waals surface area contributed by atoms with Crippen LogP contribution in [0.4, 0.5) is 4.79 Å². The van der Waals surface area contributed by atoms with Crippen LogP contribution in [0.2, 0.25) is 0 Å². The molecule has 1 aromatic carbocycles. The number of imide groups is 1. The van der Waals surface area contributed by atoms with Gasteiger partial charge >= 0.3 is 6.09 Å². The predicted molar refractivity (Wildman–Crippen MR) is 130 cm³/mol. The van der Waals surface area contributed by atoms with E-state index in [9.17, 15) is 19.2 Å². The van der Waals surface area contributed by atoms with Gasteiger partial charge in [0.25, 0.3) is 0 Å². The van der Waals surface area contributed by atoms with Crippen LogP contribution in [0.25, 0.3) is 5.57 Å². The molecule has 3 rings (SSSR count). The lowest BCUT2D eigenvalue weighted by atomic mass is 9.79. The summed E-state index contributed by atoms with van der Waals surface area (Å²) in [5.74, 6) is -1.73. The van der Waals surface area contributed by atoms with Crippen LogP contribution in [0.1, 0.15) is 81.8 Å². The molecule has 2 aliphatic heterocycles. The Kier molecular flexibility index (Phi) is 7.95. The van der Waals surface area contributed by atoms with Crippen molar-refractivity contribution in [1.82, 2.24) is 10.2 Å². The van der Waals surface area contributed by atoms with E-state index < -0.39 is 17.4 Å². The van der Waals surface area contributed by atoms with Crippen molar-refractivity contribution in [1.29, 1.82) is 0 Å². The zero-order chi connectivity index (χ0) is 25.0. The molecule has 2 heterocycles. The van der Waals surface area contributed by atoms with Crippen molar-refractivity contribution < 1.29 is 23.9 Å². The van der Waals surface area contributed by atoms with Crippen molar-refractivity contribution in [3.05, 3.63) is 41.0 Å². The Bertz CT molecular complexity index is 1000. The lowest BCUT2D eigenvalue weighted by Gasteiger charge is -2.27. The van der Waals surface area contributed by atoms with Crippen LogP contribution in [0.15, 0.2) is 24.3 Å². The van der Waals surface area contributed by atoms with Crippen molar-refractivity contribution in [2.45, 2.75) is 72.3 Å². The number of amides is 3. The van der Waals surface area contributed by atoms with Gasteiger partial charge in [-0.25, -0.2) is 4.79 Å². The second-order valence-electron chi connectivity index (χ2n) is 10.1. The summed E-state index contributed by atoms with van der Waals surface area (Å²) in [6.07, 6.45) is 4.55. The molecular weight excluding hydrogens is 432 g/mol. The first-order valence-corrected chi connectivity index (χ1v) is 12.2. The summed E-state index contributed by atoms with van der Waals surface area (Å²) in [7, 11) is 0. The second kappa shape index (κ2) is 10.5. The van der Waals surface area contributed by atoms with E-state index in [1.807, 2.05) is 45.9 Å². The fourth-order valence-corrected chi connectivity index (χ4v) is 4.73. The van der Waals surface area contributed by atoms with Gasteiger partial charge in [-0.15, -0.1) is 0 Å². The SMILES string of the molecule is CCc1c(C(=O)C(C)C2CCC(=O)NC2=O)cccc1C1=CCCN(C(=O)OC(C)(C)C)CC1. The number of hydrogen-bond acceptors (Lipinski definition) is 5. The first-order chi connectivity index (χ1) is 16.0. The molecule has 34 heavy (non-hydrogen) atoms. The van der Waals surface area contributed by atoms with Gasteiger partial charge in [0.15, 0.2) is 5.78 Å². The predicted octanol–water partition coefficient (Wildman–Crippen LogP) is 4.53. The van der Waals surface area contributed by atoms with E-state index in [2.05, 4.69) is 11.4 Å². The number of nitrogens with one attached hydrogen (secondary N) is 1. The van der Waals surface area contributed by atoms with Crippen LogP contribution < -0.4 is 5.32 Å². The van der Waals surface area contributed by atoms with Crippen molar-refractivity contribution in [3.63, 3.8) is 0 Å². The van der Waals surface area contributed by atoms with Gasteiger partial charge in [0.05, 0.1) is 0 Å². The molecule has 1 aromatic rings. The summed E-state index contributed by atoms with van der Waals surface area (Å²) >= 11 is 0. The molecule has 0 spiro atoms. The standard InChI is InChI=1S/C27H36N2O5/c1-6-19-21(18-9-8-15-29(16-14-18)26(33)34-27(3,4)5)10-7-11-22(19)24(31)17(2)20-12-13-23(30)28-25(20)32/h7,9-11,17,20H,6,8,12-16H2,1-5H3,(H,28,30,32). The van der Waals surface area contributed by atoms with Crippen LogP contribution in [0.5, 0.6) is 0 Å². The molecule has 1 fully saturated rings. The highest BCUT2D eigenvalue weighted by Gasteiger charge is 2.35. The zero-order valence-corrected chi connectivity index (χ0v) is 20.9. The summed E-state index contributed by atoms with van der Waals surface area (Å²) < 4.78 is 5.53. The summed E-state index contributed by atoms with van der Waals surface area (Å²) in [5.41, 5.74) is 3.19. The Labute approximate surface area is 201 Å². The average Bonchev–Trinajstić information content (AvgIpc) is 3.03. The summed E-state index contributed by atoms with van der Waals surface area (Å²) in [5, 5.41) is 2.36. The molecule has 2 atom stereocenters. The lowest BCUT2D eigenvalue weighted by Crippen LogP contribution is -2.44. The molecule has 0 saturated carbocycles. The summed E-state index contributed by atoms with van der Waals surface area (Å²) in [6.45, 7) is 10.5. The number of hydrogen-bond donors (Lipinski definition) is 1. The monoisotopic (exact) mass is 468 g/mol. The number of ketones is 1. The maximum absolute atomic E-state index is 13.5. The minimum atomic E-state index is -0.539. The third kappa shape index (κ3) is 5.93. The molecule has 3 amide bonds. The molecule has 7 heteroatoms. The Morgan fingerprint density at radius 2 is 1.91 bits per heavy atom. The first-order valence-electron chi connectivity index (χ1n) is 12.2. The normalized spacial score (nSPS) is 20.2. The maximum atomic E-state index is 13.5. The molecule has 7 nitrogen and oxygen atoms in total. The van der Waals surface area contributed by atoms with Crippen LogP contribution in [-0.2, 0) is 20.7 Å². The number of nitrogens with zero attached hydrogens (tertiary/aromatic N) is 1. The molecule has 2 unspecified atom stereocenters. The Morgan fingerprint density at radius 1 is 1.18 bits per heavy atom. The van der Waals surface area contributed by atoms with Gasteiger partial charge in [0.2, 0.25) is 11.8 Å². The number of Topliss-reactive ketones (excluding diaryl/α,β-unsaturated/α-hetero) is 1. The van der Waals surface area contributed by atoms with E-state index in [1.165, 1.54) is 0 Å². The third-order valence-corrected chi connectivity index (χ3v) is 6.53. The second-order valence-corrected chi connectivity index (χ2v) is 10.1. The van der Waals surface area contributed by atoms with Crippen LogP contribution in [-0.4, -0.2) is 47.3 Å². The minimum Gasteiger partial charge on any atom is -0.444 e. The molecule has 1 saturated heterocycles. The molecule has 0 radical (unpaired) electrons. The lowest BCUT2D eigenvalue weighted by molar-refractivity contribution is -0.137. The molecule has 1 N–H and O–H groups in total. The number of rotatable bonds is 5. The van der Waals surface area contributed by atoms with Crippen LogP contribution >= 0.6 is 0 Å². The van der Waals surface area contributed by atoms with Crippen LogP contribution in [0, 0.1) is 11.8 Å². The molecule has 0 aromatic heterocycles. The van der Waals surface area contributed by atoms with Gasteiger partial charge in [-0.05, 0) is 63.2 Å². The number of carbonyl (C=O) groups excluding carboxylic acids is 4. The Balaban J connectivity index is 1.80. The maximum Gasteiger partial charge on any atom is 0.410 e. The van der Waals surface area contributed by atoms with Gasteiger partial charge < -0.3 is 9.64 Å². The van der Waals surface area contributed by atoms with Gasteiger partial charge in [-0.3, -0.25) is 19.7 Å². The van der Waals surface area contributed by atoms with Gasteiger partial charge in [-0.2, -0.15) is 0 Å². The van der Waals surface area contributed by atoms with Crippen molar-refractivity contribution in [2.24, 2.45) is 11.8 Å². The number of carbonyl (C=O) groups is 4. The largest absolute Gasteiger partial charge is 0.444 e. The van der Waals surface area contributed by atoms with E-state index >= 15 is 0 Å². The molecular formula is C27H36N2O5.